The quantitative estimate of drug-likeness (QED) is 0.783. The number of rotatable bonds is 6. The molecule has 5 nitrogen and oxygen atoms in total. The zero-order chi connectivity index (χ0) is 19.5. The van der Waals surface area contributed by atoms with Gasteiger partial charge in [0.25, 0.3) is 10.0 Å². The minimum atomic E-state index is -3.70. The van der Waals surface area contributed by atoms with Crippen LogP contribution in [0.3, 0.4) is 0 Å². The highest BCUT2D eigenvalue weighted by atomic mass is 32.2. The first-order chi connectivity index (χ1) is 12.1. The van der Waals surface area contributed by atoms with Crippen molar-refractivity contribution in [2.75, 3.05) is 10.0 Å². The van der Waals surface area contributed by atoms with E-state index in [1.54, 1.807) is 12.1 Å². The highest BCUT2D eigenvalue weighted by Crippen LogP contribution is 2.25. The van der Waals surface area contributed by atoms with Gasteiger partial charge in [-0.1, -0.05) is 39.0 Å². The van der Waals surface area contributed by atoms with Crippen LogP contribution >= 0.6 is 0 Å². The van der Waals surface area contributed by atoms with Gasteiger partial charge in [-0.3, -0.25) is 9.52 Å². The summed E-state index contributed by atoms with van der Waals surface area (Å²) in [5.74, 6) is -0.0933. The lowest BCUT2D eigenvalue weighted by atomic mass is 9.89. The molecule has 2 aromatic rings. The van der Waals surface area contributed by atoms with Gasteiger partial charge in [0.1, 0.15) is 0 Å². The molecule has 2 N–H and O–H groups in total. The molecule has 2 aromatic carbocycles. The van der Waals surface area contributed by atoms with Crippen molar-refractivity contribution in [2.45, 2.75) is 45.9 Å². The smallest absolute Gasteiger partial charge is 0.261 e. The number of hydrogen-bond acceptors (Lipinski definition) is 3. The fourth-order valence-electron chi connectivity index (χ4n) is 2.35. The van der Waals surface area contributed by atoms with Crippen LogP contribution in [-0.2, 0) is 14.8 Å². The summed E-state index contributed by atoms with van der Waals surface area (Å²) in [5, 5.41) is 2.83. The van der Waals surface area contributed by atoms with Gasteiger partial charge in [-0.05, 0) is 55.7 Å². The Morgan fingerprint density at radius 3 is 2.04 bits per heavy atom. The third-order valence-electron chi connectivity index (χ3n) is 4.64. The van der Waals surface area contributed by atoms with Gasteiger partial charge in [-0.2, -0.15) is 0 Å². The van der Waals surface area contributed by atoms with E-state index in [0.29, 0.717) is 17.8 Å². The summed E-state index contributed by atoms with van der Waals surface area (Å²) >= 11 is 0. The maximum atomic E-state index is 12.6. The molecule has 0 bridgehead atoms. The number of aryl methyl sites for hydroxylation is 2. The number of nitrogens with one attached hydrogen (secondary N) is 2. The first-order valence-electron chi connectivity index (χ1n) is 8.57. The van der Waals surface area contributed by atoms with Crippen molar-refractivity contribution in [3.8, 4) is 0 Å². The van der Waals surface area contributed by atoms with Gasteiger partial charge >= 0.3 is 0 Å². The number of carbonyl (C=O) groups excluding carboxylic acids is 1. The summed E-state index contributed by atoms with van der Waals surface area (Å²) < 4.78 is 27.9. The SMILES string of the molecule is CCC(C)(C)C(=O)Nc1ccc(S(=O)(=O)Nc2c(C)cccc2C)cc1. The molecule has 0 aliphatic carbocycles. The number of sulfonamides is 1. The van der Waals surface area contributed by atoms with E-state index in [9.17, 15) is 13.2 Å². The van der Waals surface area contributed by atoms with Crippen LogP contribution in [-0.4, -0.2) is 14.3 Å². The largest absolute Gasteiger partial charge is 0.326 e. The third-order valence-corrected chi connectivity index (χ3v) is 6.00. The molecule has 2 rings (SSSR count). The molecule has 0 radical (unpaired) electrons. The predicted molar refractivity (Wildman–Crippen MR) is 106 cm³/mol. The van der Waals surface area contributed by atoms with Gasteiger partial charge in [-0.15, -0.1) is 0 Å². The second-order valence-electron chi connectivity index (χ2n) is 7.09. The van der Waals surface area contributed by atoms with E-state index >= 15 is 0 Å². The minimum Gasteiger partial charge on any atom is -0.326 e. The van der Waals surface area contributed by atoms with Crippen LogP contribution in [0.25, 0.3) is 0 Å². The standard InChI is InChI=1S/C20H26N2O3S/c1-6-20(4,5)19(23)21-16-10-12-17(13-11-16)26(24,25)22-18-14(2)8-7-9-15(18)3/h7-13,22H,6H2,1-5H3,(H,21,23). The van der Waals surface area contributed by atoms with Crippen LogP contribution in [0.5, 0.6) is 0 Å². The highest BCUT2D eigenvalue weighted by molar-refractivity contribution is 7.92. The van der Waals surface area contributed by atoms with Gasteiger partial charge < -0.3 is 5.32 Å². The van der Waals surface area contributed by atoms with Crippen molar-refractivity contribution in [3.63, 3.8) is 0 Å². The summed E-state index contributed by atoms with van der Waals surface area (Å²) in [6.07, 6.45) is 0.713. The molecule has 0 aliphatic rings. The highest BCUT2D eigenvalue weighted by Gasteiger charge is 2.25. The number of anilines is 2. The van der Waals surface area contributed by atoms with Crippen molar-refractivity contribution in [3.05, 3.63) is 53.6 Å². The Morgan fingerprint density at radius 1 is 1.00 bits per heavy atom. The summed E-state index contributed by atoms with van der Waals surface area (Å²) in [6.45, 7) is 9.41. The summed E-state index contributed by atoms with van der Waals surface area (Å²) in [6, 6.07) is 11.8. The molecule has 0 atom stereocenters. The van der Waals surface area contributed by atoms with Crippen LogP contribution in [0.1, 0.15) is 38.3 Å². The second-order valence-corrected chi connectivity index (χ2v) is 8.77. The maximum absolute atomic E-state index is 12.6. The first kappa shape index (κ1) is 20.0. The Hall–Kier alpha value is -2.34. The first-order valence-corrected chi connectivity index (χ1v) is 10.1. The van der Waals surface area contributed by atoms with Gasteiger partial charge in [-0.25, -0.2) is 8.42 Å². The van der Waals surface area contributed by atoms with E-state index in [0.717, 1.165) is 11.1 Å². The van der Waals surface area contributed by atoms with E-state index in [4.69, 9.17) is 0 Å². The number of amides is 1. The Morgan fingerprint density at radius 2 is 1.54 bits per heavy atom. The van der Waals surface area contributed by atoms with Crippen LogP contribution in [0.15, 0.2) is 47.4 Å². The molecule has 0 saturated carbocycles. The lowest BCUT2D eigenvalue weighted by Crippen LogP contribution is -2.29. The molecule has 6 heteroatoms. The molecule has 140 valence electrons. The number of benzene rings is 2. The van der Waals surface area contributed by atoms with Crippen LogP contribution in [0.4, 0.5) is 11.4 Å². The lowest BCUT2D eigenvalue weighted by Gasteiger charge is -2.21. The minimum absolute atomic E-state index is 0.0933. The Labute approximate surface area is 155 Å². The van der Waals surface area contributed by atoms with Crippen molar-refractivity contribution >= 4 is 27.3 Å². The Kier molecular flexibility index (Phi) is 5.76. The zero-order valence-corrected chi connectivity index (χ0v) is 16.7. The summed E-state index contributed by atoms with van der Waals surface area (Å²) in [5.41, 5.74) is 2.41. The molecule has 0 heterocycles. The fourth-order valence-corrected chi connectivity index (χ4v) is 3.55. The van der Waals surface area contributed by atoms with Crippen molar-refractivity contribution < 1.29 is 13.2 Å². The van der Waals surface area contributed by atoms with Crippen molar-refractivity contribution in [2.24, 2.45) is 5.41 Å². The maximum Gasteiger partial charge on any atom is 0.261 e. The van der Waals surface area contributed by atoms with Crippen molar-refractivity contribution in [1.82, 2.24) is 0 Å². The van der Waals surface area contributed by atoms with E-state index in [-0.39, 0.29) is 10.8 Å². The van der Waals surface area contributed by atoms with Crippen LogP contribution in [0, 0.1) is 19.3 Å². The molecule has 0 aliphatic heterocycles. The Bertz CT molecular complexity index is 881. The number of carbonyl (C=O) groups is 1. The van der Waals surface area contributed by atoms with E-state index in [2.05, 4.69) is 10.0 Å². The summed E-state index contributed by atoms with van der Waals surface area (Å²) in [7, 11) is -3.70. The second kappa shape index (κ2) is 7.50. The normalized spacial score (nSPS) is 11.9. The monoisotopic (exact) mass is 374 g/mol. The molecule has 0 saturated heterocycles. The van der Waals surface area contributed by atoms with Gasteiger partial charge in [0, 0.05) is 11.1 Å². The van der Waals surface area contributed by atoms with Crippen LogP contribution < -0.4 is 10.0 Å². The molecule has 0 fully saturated rings. The van der Waals surface area contributed by atoms with Crippen LogP contribution in [0.2, 0.25) is 0 Å². The molecule has 0 unspecified atom stereocenters. The average Bonchev–Trinajstić information content (AvgIpc) is 2.58. The van der Waals surface area contributed by atoms with Gasteiger partial charge in [0.15, 0.2) is 0 Å². The average molecular weight is 375 g/mol. The molecule has 1 amide bonds. The molecule has 0 spiro atoms. The van der Waals surface area contributed by atoms with Gasteiger partial charge in [0.2, 0.25) is 5.91 Å². The summed E-state index contributed by atoms with van der Waals surface area (Å²) in [4.78, 5) is 12.4. The van der Waals surface area contributed by atoms with E-state index in [1.807, 2.05) is 52.8 Å². The fraction of sp³-hybridized carbons (Fsp3) is 0.350. The molecule has 0 aromatic heterocycles. The molecular weight excluding hydrogens is 348 g/mol. The van der Waals surface area contributed by atoms with E-state index < -0.39 is 15.4 Å². The number of hydrogen-bond donors (Lipinski definition) is 2. The van der Waals surface area contributed by atoms with Crippen molar-refractivity contribution in [1.29, 1.82) is 0 Å². The van der Waals surface area contributed by atoms with E-state index in [1.165, 1.54) is 12.1 Å². The Balaban J connectivity index is 2.20. The zero-order valence-electron chi connectivity index (χ0n) is 15.9. The topological polar surface area (TPSA) is 75.3 Å². The van der Waals surface area contributed by atoms with Gasteiger partial charge in [0.05, 0.1) is 10.6 Å². The third kappa shape index (κ3) is 4.43. The molecule has 26 heavy (non-hydrogen) atoms. The lowest BCUT2D eigenvalue weighted by molar-refractivity contribution is -0.124. The predicted octanol–water partition coefficient (Wildman–Crippen LogP) is 4.48. The molecular formula is C20H26N2O3S. The number of para-hydroxylation sites is 1.